The third kappa shape index (κ3) is 4.63. The molecule has 0 heterocycles. The Bertz CT molecular complexity index is 388. The van der Waals surface area contributed by atoms with Gasteiger partial charge in [0.2, 0.25) is 0 Å². The van der Waals surface area contributed by atoms with E-state index in [-0.39, 0.29) is 6.61 Å². The number of hydrogen-bond donors (Lipinski definition) is 4. The van der Waals surface area contributed by atoms with Crippen molar-refractivity contribution in [3.63, 3.8) is 0 Å². The van der Waals surface area contributed by atoms with Gasteiger partial charge in [-0.05, 0) is 12.5 Å². The fourth-order valence-electron chi connectivity index (χ4n) is 0.587. The SMILES string of the molecule is C/C(=C\COP(=O)(O)C(Cl)(Cl)P(=O)(O)O)CO. The molecule has 0 aromatic heterocycles. The Hall–Kier alpha value is 0.580. The van der Waals surface area contributed by atoms with E-state index in [1.54, 1.807) is 0 Å². The molecule has 0 rings (SSSR count). The first-order chi connectivity index (χ1) is 7.45. The summed E-state index contributed by atoms with van der Waals surface area (Å²) in [7, 11) is -10.2. The molecule has 0 aromatic rings. The zero-order chi connectivity index (χ0) is 13.9. The molecule has 0 saturated heterocycles. The Labute approximate surface area is 108 Å². The Morgan fingerprint density at radius 1 is 1.35 bits per heavy atom. The molecular weight excluding hydrogens is 317 g/mol. The molecule has 0 amide bonds. The summed E-state index contributed by atoms with van der Waals surface area (Å²) in [6, 6.07) is 0. The van der Waals surface area contributed by atoms with Crippen LogP contribution in [0.5, 0.6) is 0 Å². The maximum Gasteiger partial charge on any atom is 0.376 e. The van der Waals surface area contributed by atoms with E-state index in [2.05, 4.69) is 4.52 Å². The largest absolute Gasteiger partial charge is 0.392 e. The zero-order valence-corrected chi connectivity index (χ0v) is 12.0. The van der Waals surface area contributed by atoms with Gasteiger partial charge in [0.25, 0.3) is 0 Å². The number of hydrogen-bond acceptors (Lipinski definition) is 4. The summed E-state index contributed by atoms with van der Waals surface area (Å²) in [6.07, 6.45) is 1.24. The van der Waals surface area contributed by atoms with Gasteiger partial charge in [0.05, 0.1) is 13.2 Å². The Morgan fingerprint density at radius 2 is 1.82 bits per heavy atom. The summed E-state index contributed by atoms with van der Waals surface area (Å²) in [5.74, 6) is 0. The Balaban J connectivity index is 4.82. The van der Waals surface area contributed by atoms with Crippen LogP contribution in [0.25, 0.3) is 0 Å². The van der Waals surface area contributed by atoms with Gasteiger partial charge >= 0.3 is 19.0 Å². The maximum atomic E-state index is 11.4. The van der Waals surface area contributed by atoms with E-state index in [4.69, 9.17) is 38.1 Å². The van der Waals surface area contributed by atoms with Crippen LogP contribution >= 0.6 is 38.4 Å². The van der Waals surface area contributed by atoms with Crippen molar-refractivity contribution in [2.24, 2.45) is 0 Å². The third-order valence-corrected chi connectivity index (χ3v) is 7.64. The van der Waals surface area contributed by atoms with Gasteiger partial charge in [-0.3, -0.25) is 9.13 Å². The van der Waals surface area contributed by atoms with Gasteiger partial charge in [0.15, 0.2) is 0 Å². The number of halogens is 2. The quantitative estimate of drug-likeness (QED) is 0.330. The maximum absolute atomic E-state index is 11.4. The molecule has 0 fully saturated rings. The van der Waals surface area contributed by atoms with E-state index in [0.29, 0.717) is 5.57 Å². The van der Waals surface area contributed by atoms with E-state index >= 15 is 0 Å². The molecule has 0 radical (unpaired) electrons. The van der Waals surface area contributed by atoms with Gasteiger partial charge in [0, 0.05) is 0 Å². The monoisotopic (exact) mass is 328 g/mol. The second kappa shape index (κ2) is 6.15. The summed E-state index contributed by atoms with van der Waals surface area (Å²) in [6.45, 7) is 0.759. The molecule has 0 bridgehead atoms. The lowest BCUT2D eigenvalue weighted by Gasteiger charge is -2.24. The standard InChI is InChI=1S/C6H12Cl2O7P2/c1-5(4-9)2-3-15-17(13,14)6(7,8)16(10,11)12/h2,9H,3-4H2,1H3,(H,13,14)(H2,10,11,12)/b5-2+. The molecular formula is C6H12Cl2O7P2. The molecule has 0 saturated carbocycles. The Kier molecular flexibility index (Phi) is 6.36. The van der Waals surface area contributed by atoms with Crippen molar-refractivity contribution < 1.29 is 33.4 Å². The van der Waals surface area contributed by atoms with Crippen molar-refractivity contribution in [3.05, 3.63) is 11.6 Å². The van der Waals surface area contributed by atoms with Crippen molar-refractivity contribution in [3.8, 4) is 0 Å². The first kappa shape index (κ1) is 17.6. The minimum Gasteiger partial charge on any atom is -0.392 e. The van der Waals surface area contributed by atoms with Crippen LogP contribution < -0.4 is 0 Å². The number of rotatable bonds is 6. The second-order valence-corrected chi connectivity index (χ2v) is 9.54. The third-order valence-electron chi connectivity index (χ3n) is 1.62. The number of alkyl halides is 2. The van der Waals surface area contributed by atoms with Crippen molar-refractivity contribution in [2.75, 3.05) is 13.2 Å². The second-order valence-electron chi connectivity index (χ2n) is 3.08. The number of aliphatic hydroxyl groups is 1. The van der Waals surface area contributed by atoms with Crippen LogP contribution in [0, 0.1) is 0 Å². The van der Waals surface area contributed by atoms with Crippen LogP contribution in [0.3, 0.4) is 0 Å². The van der Waals surface area contributed by atoms with E-state index < -0.39 is 25.6 Å². The fourth-order valence-corrected chi connectivity index (χ4v) is 2.80. The molecule has 11 heteroatoms. The van der Waals surface area contributed by atoms with Crippen molar-refractivity contribution in [2.45, 2.75) is 10.7 Å². The van der Waals surface area contributed by atoms with Gasteiger partial charge < -0.3 is 24.3 Å². The first-order valence-electron chi connectivity index (χ1n) is 4.13. The van der Waals surface area contributed by atoms with Gasteiger partial charge in [-0.1, -0.05) is 29.3 Å². The highest BCUT2D eigenvalue weighted by Crippen LogP contribution is 2.75. The van der Waals surface area contributed by atoms with Gasteiger partial charge in [-0.25, -0.2) is 0 Å². The van der Waals surface area contributed by atoms with Crippen LogP contribution in [0.2, 0.25) is 0 Å². The summed E-state index contributed by atoms with van der Waals surface area (Å²) in [4.78, 5) is 26.7. The van der Waals surface area contributed by atoms with E-state index in [0.717, 1.165) is 0 Å². The minimum atomic E-state index is -5.24. The van der Waals surface area contributed by atoms with Crippen molar-refractivity contribution >= 4 is 38.4 Å². The van der Waals surface area contributed by atoms with Crippen LogP contribution in [0.15, 0.2) is 11.6 Å². The van der Waals surface area contributed by atoms with Crippen LogP contribution in [-0.4, -0.2) is 36.8 Å². The highest BCUT2D eigenvalue weighted by molar-refractivity contribution is 7.78. The molecule has 17 heavy (non-hydrogen) atoms. The topological polar surface area (TPSA) is 124 Å². The van der Waals surface area contributed by atoms with Gasteiger partial charge in [-0.15, -0.1) is 0 Å². The van der Waals surface area contributed by atoms with Crippen molar-refractivity contribution in [1.82, 2.24) is 0 Å². The fraction of sp³-hybridized carbons (Fsp3) is 0.667. The molecule has 0 aliphatic rings. The highest BCUT2D eigenvalue weighted by Gasteiger charge is 2.59. The minimum absolute atomic E-state index is 0.287. The molecule has 0 spiro atoms. The molecule has 1 atom stereocenters. The molecule has 0 aliphatic heterocycles. The van der Waals surface area contributed by atoms with E-state index in [9.17, 15) is 14.0 Å². The van der Waals surface area contributed by atoms with Gasteiger partial charge in [-0.2, -0.15) is 0 Å². The molecule has 1 unspecified atom stereocenters. The summed E-state index contributed by atoms with van der Waals surface area (Å²) in [5, 5.41) is 8.62. The smallest absolute Gasteiger partial charge is 0.376 e. The van der Waals surface area contributed by atoms with E-state index in [1.165, 1.54) is 13.0 Å². The number of aliphatic hydroxyl groups excluding tert-OH is 1. The molecule has 4 N–H and O–H groups in total. The van der Waals surface area contributed by atoms with Crippen LogP contribution in [0.4, 0.5) is 0 Å². The summed E-state index contributed by atoms with van der Waals surface area (Å²) < 4.78 is 23.4. The molecule has 0 aliphatic carbocycles. The molecule has 7 nitrogen and oxygen atoms in total. The lowest BCUT2D eigenvalue weighted by atomic mass is 10.3. The van der Waals surface area contributed by atoms with E-state index in [1.807, 2.05) is 0 Å². The lowest BCUT2D eigenvalue weighted by molar-refractivity contribution is 0.278. The normalized spacial score (nSPS) is 17.9. The van der Waals surface area contributed by atoms with Crippen molar-refractivity contribution in [1.29, 1.82) is 0 Å². The summed E-state index contributed by atoms with van der Waals surface area (Å²) >= 11 is 10.3. The Morgan fingerprint density at radius 3 is 2.18 bits per heavy atom. The molecule has 102 valence electrons. The zero-order valence-electron chi connectivity index (χ0n) is 8.66. The predicted molar refractivity (Wildman–Crippen MR) is 63.1 cm³/mol. The van der Waals surface area contributed by atoms with Crippen LogP contribution in [-0.2, 0) is 13.7 Å². The molecule has 0 aromatic carbocycles. The first-order valence-corrected chi connectivity index (χ1v) is 8.07. The van der Waals surface area contributed by atoms with Crippen LogP contribution in [0.1, 0.15) is 6.92 Å². The summed E-state index contributed by atoms with van der Waals surface area (Å²) in [5.41, 5.74) is 0.441. The predicted octanol–water partition coefficient (Wildman–Crippen LogP) is 1.39. The average Bonchev–Trinajstić information content (AvgIpc) is 2.15. The average molecular weight is 329 g/mol. The highest BCUT2D eigenvalue weighted by atomic mass is 35.5. The van der Waals surface area contributed by atoms with Gasteiger partial charge in [0.1, 0.15) is 0 Å². The lowest BCUT2D eigenvalue weighted by Crippen LogP contribution is -2.15.